The summed E-state index contributed by atoms with van der Waals surface area (Å²) < 4.78 is 0. The summed E-state index contributed by atoms with van der Waals surface area (Å²) in [6.07, 6.45) is 3.64. The topological polar surface area (TPSA) is 105 Å². The Morgan fingerprint density at radius 2 is 2.15 bits per heavy atom. The Balaban J connectivity index is 1.64. The van der Waals surface area contributed by atoms with Gasteiger partial charge in [0.25, 0.3) is 11.6 Å². The fraction of sp³-hybridized carbons (Fsp3) is 0.579. The Hall–Kier alpha value is -2.48. The van der Waals surface area contributed by atoms with Crippen LogP contribution in [0.4, 0.5) is 5.69 Å². The van der Waals surface area contributed by atoms with E-state index in [0.29, 0.717) is 36.6 Å². The van der Waals surface area contributed by atoms with Gasteiger partial charge in [0.2, 0.25) is 5.91 Å². The second-order valence-corrected chi connectivity index (χ2v) is 7.37. The molecule has 2 heterocycles. The predicted octanol–water partition coefficient (Wildman–Crippen LogP) is 1.62. The molecule has 0 spiro atoms. The van der Waals surface area contributed by atoms with Crippen LogP contribution in [0.15, 0.2) is 18.2 Å². The van der Waals surface area contributed by atoms with Crippen LogP contribution < -0.4 is 10.6 Å². The van der Waals surface area contributed by atoms with Gasteiger partial charge in [-0.3, -0.25) is 19.7 Å². The van der Waals surface area contributed by atoms with Crippen LogP contribution in [0.25, 0.3) is 0 Å². The van der Waals surface area contributed by atoms with Crippen molar-refractivity contribution in [3.8, 4) is 0 Å². The summed E-state index contributed by atoms with van der Waals surface area (Å²) in [5, 5.41) is 17.3. The van der Waals surface area contributed by atoms with E-state index in [1.807, 2.05) is 0 Å². The van der Waals surface area contributed by atoms with Crippen LogP contribution in [-0.4, -0.2) is 53.9 Å². The van der Waals surface area contributed by atoms with Crippen molar-refractivity contribution >= 4 is 17.5 Å². The third kappa shape index (κ3) is 4.44. The highest BCUT2D eigenvalue weighted by atomic mass is 16.6. The van der Waals surface area contributed by atoms with Crippen molar-refractivity contribution in [1.82, 2.24) is 15.5 Å². The first-order valence-corrected chi connectivity index (χ1v) is 9.52. The van der Waals surface area contributed by atoms with E-state index < -0.39 is 11.0 Å². The van der Waals surface area contributed by atoms with Gasteiger partial charge in [0, 0.05) is 30.3 Å². The van der Waals surface area contributed by atoms with E-state index in [-0.39, 0.29) is 17.5 Å². The summed E-state index contributed by atoms with van der Waals surface area (Å²) in [6.45, 7) is 4.71. The summed E-state index contributed by atoms with van der Waals surface area (Å²) in [5.74, 6) is 0.0839. The molecule has 2 aliphatic rings. The van der Waals surface area contributed by atoms with E-state index in [1.165, 1.54) is 18.2 Å². The van der Waals surface area contributed by atoms with Gasteiger partial charge < -0.3 is 15.5 Å². The highest BCUT2D eigenvalue weighted by Crippen LogP contribution is 2.24. The fourth-order valence-corrected chi connectivity index (χ4v) is 3.90. The number of aryl methyl sites for hydroxylation is 1. The average Bonchev–Trinajstić information content (AvgIpc) is 3.16. The summed E-state index contributed by atoms with van der Waals surface area (Å²) in [5.41, 5.74) is 0.813. The molecule has 146 valence electrons. The molecule has 2 N–H and O–H groups in total. The third-order valence-corrected chi connectivity index (χ3v) is 5.42. The first-order chi connectivity index (χ1) is 13.0. The van der Waals surface area contributed by atoms with Gasteiger partial charge in [-0.2, -0.15) is 0 Å². The highest BCUT2D eigenvalue weighted by Gasteiger charge is 2.35. The molecule has 1 aromatic rings. The minimum absolute atomic E-state index is 0.0108. The number of likely N-dealkylation sites (tertiary alicyclic amines) is 1. The molecule has 8 heteroatoms. The molecule has 3 rings (SSSR count). The molecular formula is C19H26N4O4. The molecule has 1 aromatic carbocycles. The summed E-state index contributed by atoms with van der Waals surface area (Å²) in [7, 11) is 0. The Morgan fingerprint density at radius 1 is 1.33 bits per heavy atom. The number of carbonyl (C=O) groups is 2. The van der Waals surface area contributed by atoms with Crippen LogP contribution in [0.2, 0.25) is 0 Å². The average molecular weight is 374 g/mol. The number of nitro groups is 1. The summed E-state index contributed by atoms with van der Waals surface area (Å²) in [4.78, 5) is 37.6. The number of piperidine rings is 1. The number of nitrogens with zero attached hydrogens (tertiary/aromatic N) is 2. The number of hydrogen-bond donors (Lipinski definition) is 2. The van der Waals surface area contributed by atoms with Gasteiger partial charge in [-0.05, 0) is 63.7 Å². The van der Waals surface area contributed by atoms with E-state index >= 15 is 0 Å². The van der Waals surface area contributed by atoms with E-state index in [4.69, 9.17) is 0 Å². The lowest BCUT2D eigenvalue weighted by Crippen LogP contribution is -2.48. The number of nitrogens with one attached hydrogen (secondary N) is 2. The SMILES string of the molecule is Cc1cc(C(=O)N2CCCC2C(=O)NCC2CCCNC2)ccc1[N+](=O)[O-]. The summed E-state index contributed by atoms with van der Waals surface area (Å²) in [6, 6.07) is 3.88. The van der Waals surface area contributed by atoms with E-state index in [1.54, 1.807) is 11.8 Å². The van der Waals surface area contributed by atoms with Crippen LogP contribution in [0, 0.1) is 23.0 Å². The van der Waals surface area contributed by atoms with E-state index in [2.05, 4.69) is 10.6 Å². The van der Waals surface area contributed by atoms with Crippen molar-refractivity contribution in [3.05, 3.63) is 39.4 Å². The molecule has 0 aliphatic carbocycles. The van der Waals surface area contributed by atoms with Crippen molar-refractivity contribution in [1.29, 1.82) is 0 Å². The molecule has 8 nitrogen and oxygen atoms in total. The quantitative estimate of drug-likeness (QED) is 0.602. The minimum atomic E-state index is -0.468. The van der Waals surface area contributed by atoms with Gasteiger partial charge in [0.1, 0.15) is 6.04 Å². The lowest BCUT2D eigenvalue weighted by Gasteiger charge is -2.27. The monoisotopic (exact) mass is 374 g/mol. The number of benzene rings is 1. The van der Waals surface area contributed by atoms with Gasteiger partial charge in [0.15, 0.2) is 0 Å². The maximum Gasteiger partial charge on any atom is 0.272 e. The number of nitro benzene ring substituents is 1. The van der Waals surface area contributed by atoms with Crippen LogP contribution in [-0.2, 0) is 4.79 Å². The van der Waals surface area contributed by atoms with Gasteiger partial charge >= 0.3 is 0 Å². The zero-order valence-electron chi connectivity index (χ0n) is 15.6. The number of rotatable bonds is 5. The third-order valence-electron chi connectivity index (χ3n) is 5.42. The van der Waals surface area contributed by atoms with Crippen LogP contribution in [0.1, 0.15) is 41.6 Å². The standard InChI is InChI=1S/C19H26N4O4/c1-13-10-15(6-7-16(13)23(26)27)19(25)22-9-3-5-17(22)18(24)21-12-14-4-2-8-20-11-14/h6-7,10,14,17,20H,2-5,8-9,11-12H2,1H3,(H,21,24). The van der Waals surface area contributed by atoms with E-state index in [9.17, 15) is 19.7 Å². The van der Waals surface area contributed by atoms with Crippen molar-refractivity contribution in [2.75, 3.05) is 26.2 Å². The number of hydrogen-bond acceptors (Lipinski definition) is 5. The molecule has 0 aromatic heterocycles. The first-order valence-electron chi connectivity index (χ1n) is 9.52. The second-order valence-electron chi connectivity index (χ2n) is 7.37. The molecule has 0 radical (unpaired) electrons. The van der Waals surface area contributed by atoms with Crippen molar-refractivity contribution in [3.63, 3.8) is 0 Å². The van der Waals surface area contributed by atoms with Crippen molar-refractivity contribution in [2.24, 2.45) is 5.92 Å². The molecule has 2 amide bonds. The Kier molecular flexibility index (Phi) is 6.05. The Bertz CT molecular complexity index is 730. The van der Waals surface area contributed by atoms with Crippen LogP contribution in [0.3, 0.4) is 0 Å². The molecule has 2 unspecified atom stereocenters. The number of carbonyl (C=O) groups excluding carboxylic acids is 2. The zero-order valence-corrected chi connectivity index (χ0v) is 15.6. The minimum Gasteiger partial charge on any atom is -0.354 e. The summed E-state index contributed by atoms with van der Waals surface area (Å²) >= 11 is 0. The largest absolute Gasteiger partial charge is 0.354 e. The molecule has 2 aliphatic heterocycles. The molecule has 0 bridgehead atoms. The first kappa shape index (κ1) is 19.3. The van der Waals surface area contributed by atoms with E-state index in [0.717, 1.165) is 32.4 Å². The molecular weight excluding hydrogens is 348 g/mol. The second kappa shape index (κ2) is 8.47. The maximum absolute atomic E-state index is 12.9. The zero-order chi connectivity index (χ0) is 19.4. The predicted molar refractivity (Wildman–Crippen MR) is 100 cm³/mol. The maximum atomic E-state index is 12.9. The Morgan fingerprint density at radius 3 is 2.81 bits per heavy atom. The van der Waals surface area contributed by atoms with Crippen LogP contribution >= 0.6 is 0 Å². The van der Waals surface area contributed by atoms with Crippen molar-refractivity contribution in [2.45, 2.75) is 38.6 Å². The molecule has 2 fully saturated rings. The molecule has 2 saturated heterocycles. The van der Waals surface area contributed by atoms with Crippen molar-refractivity contribution < 1.29 is 14.5 Å². The highest BCUT2D eigenvalue weighted by molar-refractivity contribution is 5.98. The Labute approximate surface area is 158 Å². The molecule has 2 atom stereocenters. The smallest absolute Gasteiger partial charge is 0.272 e. The van der Waals surface area contributed by atoms with Gasteiger partial charge in [-0.25, -0.2) is 0 Å². The lowest BCUT2D eigenvalue weighted by atomic mass is 9.99. The van der Waals surface area contributed by atoms with Gasteiger partial charge in [-0.1, -0.05) is 0 Å². The molecule has 0 saturated carbocycles. The molecule has 27 heavy (non-hydrogen) atoms. The van der Waals surface area contributed by atoms with Gasteiger partial charge in [-0.15, -0.1) is 0 Å². The lowest BCUT2D eigenvalue weighted by molar-refractivity contribution is -0.385. The fourth-order valence-electron chi connectivity index (χ4n) is 3.90. The normalized spacial score (nSPS) is 22.5. The van der Waals surface area contributed by atoms with Gasteiger partial charge in [0.05, 0.1) is 4.92 Å². The number of amides is 2. The van der Waals surface area contributed by atoms with Crippen LogP contribution in [0.5, 0.6) is 0 Å².